The van der Waals surface area contributed by atoms with Gasteiger partial charge in [-0.25, -0.2) is 0 Å². The van der Waals surface area contributed by atoms with E-state index in [-0.39, 0.29) is 5.41 Å². The Morgan fingerprint density at radius 3 is 2.89 bits per heavy atom. The van der Waals surface area contributed by atoms with Crippen molar-refractivity contribution in [3.63, 3.8) is 0 Å². The summed E-state index contributed by atoms with van der Waals surface area (Å²) in [4.78, 5) is 2.95. The number of ether oxygens (including phenoxy) is 1. The second-order valence-corrected chi connectivity index (χ2v) is 7.75. The molecule has 1 saturated carbocycles. The van der Waals surface area contributed by atoms with Gasteiger partial charge in [-0.3, -0.25) is 0 Å². The van der Waals surface area contributed by atoms with Crippen molar-refractivity contribution in [1.29, 1.82) is 0 Å². The molecule has 0 amide bonds. The van der Waals surface area contributed by atoms with E-state index < -0.39 is 0 Å². The van der Waals surface area contributed by atoms with Gasteiger partial charge in [-0.05, 0) is 31.4 Å². The van der Waals surface area contributed by atoms with Crippen molar-refractivity contribution in [3.05, 3.63) is 21.9 Å². The fourth-order valence-electron chi connectivity index (χ4n) is 3.85. The maximum atomic E-state index is 5.96. The summed E-state index contributed by atoms with van der Waals surface area (Å²) < 4.78 is 5.96. The van der Waals surface area contributed by atoms with Crippen molar-refractivity contribution in [1.82, 2.24) is 5.32 Å². The molecule has 1 aliphatic heterocycles. The molecule has 2 aliphatic rings. The first-order valence-electron chi connectivity index (χ1n) is 7.55. The molecule has 3 heteroatoms. The van der Waals surface area contributed by atoms with E-state index in [4.69, 9.17) is 4.74 Å². The van der Waals surface area contributed by atoms with Crippen LogP contribution in [0.15, 0.2) is 12.1 Å². The first-order chi connectivity index (χ1) is 9.13. The van der Waals surface area contributed by atoms with Gasteiger partial charge < -0.3 is 10.1 Å². The Morgan fingerprint density at radius 2 is 2.16 bits per heavy atom. The van der Waals surface area contributed by atoms with Crippen molar-refractivity contribution >= 4 is 11.3 Å². The van der Waals surface area contributed by atoms with Gasteiger partial charge in [0.1, 0.15) is 0 Å². The van der Waals surface area contributed by atoms with Gasteiger partial charge in [-0.15, -0.1) is 11.3 Å². The summed E-state index contributed by atoms with van der Waals surface area (Å²) in [6.45, 7) is 8.90. The molecule has 3 unspecified atom stereocenters. The lowest BCUT2D eigenvalue weighted by Gasteiger charge is -2.60. The van der Waals surface area contributed by atoms with Crippen LogP contribution in [0, 0.1) is 11.3 Å². The molecule has 106 valence electrons. The fourth-order valence-corrected chi connectivity index (χ4v) is 4.76. The largest absolute Gasteiger partial charge is 0.377 e. The van der Waals surface area contributed by atoms with E-state index in [1.807, 2.05) is 11.3 Å². The predicted octanol–water partition coefficient (Wildman–Crippen LogP) is 3.60. The molecule has 2 nitrogen and oxygen atoms in total. The molecule has 0 aromatic carbocycles. The van der Waals surface area contributed by atoms with Crippen LogP contribution in [0.5, 0.6) is 0 Å². The van der Waals surface area contributed by atoms with Crippen LogP contribution in [0.25, 0.3) is 0 Å². The summed E-state index contributed by atoms with van der Waals surface area (Å²) in [6, 6.07) is 5.15. The van der Waals surface area contributed by atoms with Gasteiger partial charge in [-0.2, -0.15) is 0 Å². The first kappa shape index (κ1) is 13.6. The summed E-state index contributed by atoms with van der Waals surface area (Å²) in [5.41, 5.74) is 0.288. The van der Waals surface area contributed by atoms with Crippen LogP contribution in [-0.2, 0) is 17.7 Å². The van der Waals surface area contributed by atoms with E-state index in [9.17, 15) is 0 Å². The van der Waals surface area contributed by atoms with Crippen molar-refractivity contribution in [3.8, 4) is 0 Å². The van der Waals surface area contributed by atoms with Gasteiger partial charge in [-0.1, -0.05) is 20.8 Å². The summed E-state index contributed by atoms with van der Waals surface area (Å²) in [6.07, 6.45) is 4.19. The van der Waals surface area contributed by atoms with E-state index in [2.05, 4.69) is 38.2 Å². The van der Waals surface area contributed by atoms with E-state index in [0.29, 0.717) is 12.1 Å². The Bertz CT molecular complexity index is 440. The molecule has 1 aromatic rings. The van der Waals surface area contributed by atoms with Gasteiger partial charge in [0.2, 0.25) is 0 Å². The van der Waals surface area contributed by atoms with Crippen LogP contribution >= 0.6 is 11.3 Å². The molecule has 2 heterocycles. The highest BCUT2D eigenvalue weighted by atomic mass is 32.1. The van der Waals surface area contributed by atoms with E-state index in [1.54, 1.807) is 0 Å². The summed E-state index contributed by atoms with van der Waals surface area (Å²) >= 11 is 1.95. The molecule has 1 saturated heterocycles. The Balaban J connectivity index is 1.60. The molecule has 1 aromatic heterocycles. The zero-order chi connectivity index (χ0) is 13.5. The lowest BCUT2D eigenvalue weighted by atomic mass is 9.55. The lowest BCUT2D eigenvalue weighted by molar-refractivity contribution is -0.192. The predicted molar refractivity (Wildman–Crippen MR) is 80.6 cm³/mol. The zero-order valence-electron chi connectivity index (χ0n) is 12.2. The van der Waals surface area contributed by atoms with Crippen molar-refractivity contribution in [2.24, 2.45) is 11.3 Å². The number of hydrogen-bond donors (Lipinski definition) is 1. The van der Waals surface area contributed by atoms with Gasteiger partial charge in [0, 0.05) is 40.3 Å². The maximum absolute atomic E-state index is 5.96. The standard InChI is InChI=1S/C16H25NOS/c1-4-11-7-8-12(19-11)10-17-14-13-6-5-9-18-15(13)16(14,2)3/h7-8,13-15,17H,4-6,9-10H2,1-3H3. The van der Waals surface area contributed by atoms with Crippen molar-refractivity contribution in [2.45, 2.75) is 58.7 Å². The van der Waals surface area contributed by atoms with E-state index in [0.717, 1.165) is 25.5 Å². The summed E-state index contributed by atoms with van der Waals surface area (Å²) in [7, 11) is 0. The van der Waals surface area contributed by atoms with Crippen molar-refractivity contribution < 1.29 is 4.74 Å². The minimum Gasteiger partial charge on any atom is -0.377 e. The van der Waals surface area contributed by atoms with Crippen LogP contribution in [0.2, 0.25) is 0 Å². The number of thiophene rings is 1. The molecule has 3 atom stereocenters. The minimum absolute atomic E-state index is 0.288. The average molecular weight is 279 g/mol. The second kappa shape index (κ2) is 5.19. The van der Waals surface area contributed by atoms with Crippen LogP contribution < -0.4 is 5.32 Å². The Hall–Kier alpha value is -0.380. The average Bonchev–Trinajstić information content (AvgIpc) is 2.87. The van der Waals surface area contributed by atoms with Gasteiger partial charge in [0.05, 0.1) is 6.10 Å². The second-order valence-electron chi connectivity index (χ2n) is 6.50. The lowest BCUT2D eigenvalue weighted by Crippen LogP contribution is -2.69. The monoisotopic (exact) mass is 279 g/mol. The minimum atomic E-state index is 0.288. The third kappa shape index (κ3) is 2.37. The summed E-state index contributed by atoms with van der Waals surface area (Å²) in [5.74, 6) is 0.731. The van der Waals surface area contributed by atoms with Crippen LogP contribution in [0.4, 0.5) is 0 Å². The number of hydrogen-bond acceptors (Lipinski definition) is 3. The molecular weight excluding hydrogens is 254 g/mol. The number of nitrogens with one attached hydrogen (secondary N) is 1. The summed E-state index contributed by atoms with van der Waals surface area (Å²) in [5, 5.41) is 3.79. The quantitative estimate of drug-likeness (QED) is 0.909. The van der Waals surface area contributed by atoms with Gasteiger partial charge in [0.15, 0.2) is 0 Å². The van der Waals surface area contributed by atoms with Crippen LogP contribution in [0.1, 0.15) is 43.4 Å². The highest BCUT2D eigenvalue weighted by Gasteiger charge is 2.57. The fraction of sp³-hybridized carbons (Fsp3) is 0.750. The topological polar surface area (TPSA) is 21.3 Å². The molecule has 0 bridgehead atoms. The normalized spacial score (nSPS) is 32.7. The smallest absolute Gasteiger partial charge is 0.0684 e. The number of rotatable bonds is 4. The molecule has 0 spiro atoms. The highest BCUT2D eigenvalue weighted by molar-refractivity contribution is 7.11. The molecule has 3 rings (SSSR count). The van der Waals surface area contributed by atoms with Gasteiger partial charge in [0.25, 0.3) is 0 Å². The molecule has 19 heavy (non-hydrogen) atoms. The highest BCUT2D eigenvalue weighted by Crippen LogP contribution is 2.51. The Morgan fingerprint density at radius 1 is 1.37 bits per heavy atom. The Labute approximate surface area is 120 Å². The first-order valence-corrected chi connectivity index (χ1v) is 8.37. The van der Waals surface area contributed by atoms with E-state index >= 15 is 0 Å². The van der Waals surface area contributed by atoms with Crippen molar-refractivity contribution in [2.75, 3.05) is 6.61 Å². The molecular formula is C16H25NOS. The molecule has 1 N–H and O–H groups in total. The maximum Gasteiger partial charge on any atom is 0.0684 e. The third-order valence-electron chi connectivity index (χ3n) is 4.89. The third-order valence-corrected chi connectivity index (χ3v) is 6.12. The molecule has 0 radical (unpaired) electrons. The van der Waals surface area contributed by atoms with E-state index in [1.165, 1.54) is 22.6 Å². The zero-order valence-corrected chi connectivity index (χ0v) is 13.1. The number of aryl methyl sites for hydroxylation is 1. The van der Waals surface area contributed by atoms with Gasteiger partial charge >= 0.3 is 0 Å². The van der Waals surface area contributed by atoms with Crippen LogP contribution in [0.3, 0.4) is 0 Å². The number of fused-ring (bicyclic) bond motifs is 1. The van der Waals surface area contributed by atoms with Crippen LogP contribution in [-0.4, -0.2) is 18.8 Å². The Kier molecular flexibility index (Phi) is 3.71. The SMILES string of the molecule is CCc1ccc(CNC2C3CCCOC3C2(C)C)s1. The molecule has 2 fully saturated rings. The molecule has 1 aliphatic carbocycles.